The highest BCUT2D eigenvalue weighted by Crippen LogP contribution is 2.41. The summed E-state index contributed by atoms with van der Waals surface area (Å²) >= 11 is 1.83. The van der Waals surface area contributed by atoms with E-state index in [2.05, 4.69) is 27.1 Å². The fourth-order valence-corrected chi connectivity index (χ4v) is 6.14. The number of unbranched alkanes of at least 4 members (excludes halogenated alkanes) is 2. The Kier molecular flexibility index (Phi) is 5.53. The van der Waals surface area contributed by atoms with Crippen LogP contribution in [0.1, 0.15) is 69.4 Å². The number of piperidine rings is 1. The van der Waals surface area contributed by atoms with Crippen molar-refractivity contribution in [1.82, 2.24) is 9.97 Å². The molecule has 5 nitrogen and oxygen atoms in total. The number of anilines is 2. The average Bonchev–Trinajstić information content (AvgIpc) is 3.16. The van der Waals surface area contributed by atoms with E-state index in [9.17, 15) is 0 Å². The smallest absolute Gasteiger partial charge is 0.278 e. The highest BCUT2D eigenvalue weighted by Gasteiger charge is 2.30. The Morgan fingerprint density at radius 3 is 2.69 bits per heavy atom. The molecule has 2 N–H and O–H groups in total. The number of nitrogens with zero attached hydrogens (tertiary/aromatic N) is 3. The van der Waals surface area contributed by atoms with Gasteiger partial charge < -0.3 is 5.32 Å². The minimum atomic E-state index is 0.981. The van der Waals surface area contributed by atoms with Crippen molar-refractivity contribution >= 4 is 43.4 Å². The number of aromatic amines is 1. The van der Waals surface area contributed by atoms with Crippen molar-refractivity contribution in [3.63, 3.8) is 0 Å². The number of hydrogen-bond donors (Lipinski definition) is 1. The van der Waals surface area contributed by atoms with Gasteiger partial charge in [0.05, 0.1) is 24.0 Å². The lowest BCUT2D eigenvalue weighted by molar-refractivity contribution is -0.328. The van der Waals surface area contributed by atoms with Crippen molar-refractivity contribution in [2.45, 2.75) is 71.1 Å². The second kappa shape index (κ2) is 8.42. The van der Waals surface area contributed by atoms with E-state index < -0.39 is 0 Å². The fraction of sp³-hybridized carbons (Fsp3) is 0.609. The third-order valence-electron chi connectivity index (χ3n) is 6.50. The van der Waals surface area contributed by atoms with Crippen molar-refractivity contribution in [2.75, 3.05) is 29.9 Å². The molecule has 29 heavy (non-hydrogen) atoms. The molecule has 2 aliphatic rings. The van der Waals surface area contributed by atoms with Gasteiger partial charge in [-0.15, -0.1) is 0 Å². The molecule has 0 atom stereocenters. The zero-order valence-corrected chi connectivity index (χ0v) is 18.3. The molecule has 0 unspecified atom stereocenters. The van der Waals surface area contributed by atoms with Crippen LogP contribution in [0.25, 0.3) is 20.4 Å². The van der Waals surface area contributed by atoms with E-state index in [4.69, 9.17) is 4.98 Å². The molecule has 3 aromatic rings. The van der Waals surface area contributed by atoms with Gasteiger partial charge in [-0.1, -0.05) is 31.1 Å². The van der Waals surface area contributed by atoms with Crippen LogP contribution < -0.4 is 15.2 Å². The number of rotatable bonds is 6. The molecular weight excluding hydrogens is 378 g/mol. The van der Waals surface area contributed by atoms with E-state index in [1.54, 1.807) is 17.5 Å². The Bertz CT molecular complexity index is 1010. The lowest BCUT2D eigenvalue weighted by atomic mass is 9.89. The summed E-state index contributed by atoms with van der Waals surface area (Å²) in [4.78, 5) is 17.1. The molecule has 1 fully saturated rings. The number of aromatic nitrogens is 3. The highest BCUT2D eigenvalue weighted by atomic mass is 32.1. The van der Waals surface area contributed by atoms with E-state index >= 15 is 0 Å². The summed E-state index contributed by atoms with van der Waals surface area (Å²) in [6.07, 6.45) is 14.4. The van der Waals surface area contributed by atoms with Crippen LogP contribution in [0.2, 0.25) is 0 Å². The predicted molar refractivity (Wildman–Crippen MR) is 122 cm³/mol. The summed E-state index contributed by atoms with van der Waals surface area (Å²) < 4.78 is 1.21. The lowest BCUT2D eigenvalue weighted by Gasteiger charge is -2.25. The van der Waals surface area contributed by atoms with Crippen molar-refractivity contribution < 1.29 is 4.98 Å². The molecule has 5 rings (SSSR count). The van der Waals surface area contributed by atoms with Crippen LogP contribution in [0.4, 0.5) is 11.6 Å². The van der Waals surface area contributed by atoms with Gasteiger partial charge in [-0.3, -0.25) is 4.90 Å². The van der Waals surface area contributed by atoms with E-state index in [1.807, 2.05) is 11.3 Å². The van der Waals surface area contributed by atoms with Gasteiger partial charge in [0.15, 0.2) is 4.83 Å². The fourth-order valence-electron chi connectivity index (χ4n) is 5.00. The molecule has 0 radical (unpaired) electrons. The first-order valence-corrected chi connectivity index (χ1v) is 12.3. The molecular formula is C23H32N5S+. The number of H-pyrrole nitrogens is 1. The van der Waals surface area contributed by atoms with Gasteiger partial charge >= 0.3 is 0 Å². The van der Waals surface area contributed by atoms with Crippen molar-refractivity contribution in [3.05, 3.63) is 17.5 Å². The molecule has 0 spiro atoms. The molecule has 0 bridgehead atoms. The maximum Gasteiger partial charge on any atom is 0.278 e. The molecule has 0 saturated carbocycles. The molecule has 0 amide bonds. The standard InChI is InChI=1S/C23H31N5S/c1-2-3-7-12-24-21-20-19(25-15-26-21)18-16-10-5-6-11-17(16)22(27-23(18)29-20)28-13-8-4-9-14-28/h15H,2-14H2,1H3,(H,24,25,26)/p+1. The first-order chi connectivity index (χ1) is 14.4. The zero-order chi connectivity index (χ0) is 19.6. The zero-order valence-electron chi connectivity index (χ0n) is 17.5. The van der Waals surface area contributed by atoms with E-state index in [-0.39, 0.29) is 0 Å². The van der Waals surface area contributed by atoms with Gasteiger partial charge in [-0.25, -0.2) is 15.0 Å². The Morgan fingerprint density at radius 1 is 1.03 bits per heavy atom. The second-order valence-corrected chi connectivity index (χ2v) is 9.55. The predicted octanol–water partition coefficient (Wildman–Crippen LogP) is 5.13. The minimum absolute atomic E-state index is 0.981. The van der Waals surface area contributed by atoms with Gasteiger partial charge in [-0.05, 0) is 56.9 Å². The first kappa shape index (κ1) is 19.0. The maximum absolute atomic E-state index is 4.75. The SMILES string of the molecule is CCCCCNc1ncnc2c1sc1[nH+]c(N3CCCCC3)c3c(c12)CCCC3. The molecule has 1 saturated heterocycles. The summed E-state index contributed by atoms with van der Waals surface area (Å²) in [5.74, 6) is 2.40. The molecule has 4 heterocycles. The summed E-state index contributed by atoms with van der Waals surface area (Å²) in [5, 5.41) is 4.94. The molecule has 0 aromatic carbocycles. The number of hydrogen-bond acceptors (Lipinski definition) is 5. The maximum atomic E-state index is 4.75. The van der Waals surface area contributed by atoms with E-state index in [0.717, 1.165) is 17.9 Å². The van der Waals surface area contributed by atoms with Gasteiger partial charge in [0, 0.05) is 12.1 Å². The van der Waals surface area contributed by atoms with Crippen LogP contribution in [0, 0.1) is 0 Å². The first-order valence-electron chi connectivity index (χ1n) is 11.5. The van der Waals surface area contributed by atoms with Crippen LogP contribution >= 0.6 is 11.3 Å². The summed E-state index contributed by atoms with van der Waals surface area (Å²) in [6, 6.07) is 0. The molecule has 1 aliphatic carbocycles. The van der Waals surface area contributed by atoms with Gasteiger partial charge in [0.1, 0.15) is 16.8 Å². The second-order valence-electron chi connectivity index (χ2n) is 8.53. The Morgan fingerprint density at radius 2 is 1.86 bits per heavy atom. The summed E-state index contributed by atoms with van der Waals surface area (Å²) in [7, 11) is 0. The summed E-state index contributed by atoms with van der Waals surface area (Å²) in [6.45, 7) is 5.59. The number of pyridine rings is 1. The number of fused-ring (bicyclic) bond motifs is 5. The normalized spacial score (nSPS) is 17.1. The molecule has 6 heteroatoms. The largest absolute Gasteiger partial charge is 0.369 e. The third-order valence-corrected chi connectivity index (χ3v) is 7.61. The topological polar surface area (TPSA) is 55.2 Å². The Balaban J connectivity index is 1.62. The quantitative estimate of drug-likeness (QED) is 0.572. The Labute approximate surface area is 177 Å². The van der Waals surface area contributed by atoms with Crippen molar-refractivity contribution in [2.24, 2.45) is 0 Å². The summed E-state index contributed by atoms with van der Waals surface area (Å²) in [5.41, 5.74) is 4.24. The van der Waals surface area contributed by atoms with Crippen molar-refractivity contribution in [1.29, 1.82) is 0 Å². The van der Waals surface area contributed by atoms with Gasteiger partial charge in [0.25, 0.3) is 5.82 Å². The molecule has 3 aromatic heterocycles. The monoisotopic (exact) mass is 410 g/mol. The van der Waals surface area contributed by atoms with Crippen LogP contribution in [0.3, 0.4) is 0 Å². The lowest BCUT2D eigenvalue weighted by Crippen LogP contribution is -2.36. The van der Waals surface area contributed by atoms with Gasteiger partial charge in [0.2, 0.25) is 0 Å². The van der Waals surface area contributed by atoms with Crippen LogP contribution in [-0.2, 0) is 12.8 Å². The minimum Gasteiger partial charge on any atom is -0.369 e. The molecule has 1 aliphatic heterocycles. The average molecular weight is 411 g/mol. The molecule has 154 valence electrons. The highest BCUT2D eigenvalue weighted by molar-refractivity contribution is 7.25. The van der Waals surface area contributed by atoms with Crippen LogP contribution in [0.15, 0.2) is 6.33 Å². The third kappa shape index (κ3) is 3.56. The number of thiophene rings is 1. The number of aryl methyl sites for hydroxylation is 1. The Hall–Kier alpha value is -1.95. The number of nitrogens with one attached hydrogen (secondary N) is 2. The van der Waals surface area contributed by atoms with E-state index in [1.165, 1.54) is 98.0 Å². The van der Waals surface area contributed by atoms with Gasteiger partial charge in [-0.2, -0.15) is 0 Å². The van der Waals surface area contributed by atoms with Crippen LogP contribution in [-0.4, -0.2) is 29.6 Å². The van der Waals surface area contributed by atoms with Crippen LogP contribution in [0.5, 0.6) is 0 Å². The van der Waals surface area contributed by atoms with E-state index in [0.29, 0.717) is 0 Å². The van der Waals surface area contributed by atoms with Crippen molar-refractivity contribution in [3.8, 4) is 0 Å².